The van der Waals surface area contributed by atoms with Crippen molar-refractivity contribution in [3.05, 3.63) is 22.4 Å². The lowest BCUT2D eigenvalue weighted by Gasteiger charge is -2.19. The monoisotopic (exact) mass is 271 g/mol. The van der Waals surface area contributed by atoms with Crippen LogP contribution < -0.4 is 5.32 Å². The van der Waals surface area contributed by atoms with Crippen molar-refractivity contribution in [2.45, 2.75) is 39.3 Å². The van der Waals surface area contributed by atoms with Crippen LogP contribution in [0.5, 0.6) is 0 Å². The van der Waals surface area contributed by atoms with E-state index >= 15 is 0 Å². The van der Waals surface area contributed by atoms with Crippen molar-refractivity contribution in [1.29, 1.82) is 0 Å². The molecule has 0 aromatic carbocycles. The molecule has 2 atom stereocenters. The fourth-order valence-corrected chi connectivity index (χ4v) is 2.60. The van der Waals surface area contributed by atoms with Crippen LogP contribution in [-0.4, -0.2) is 31.0 Å². The summed E-state index contributed by atoms with van der Waals surface area (Å²) in [5.74, 6) is 0.514. The van der Waals surface area contributed by atoms with Crippen LogP contribution in [0.3, 0.4) is 0 Å². The Kier molecular flexibility index (Phi) is 7.51. The number of ether oxygens (including phenoxy) is 1. The van der Waals surface area contributed by atoms with Gasteiger partial charge in [-0.2, -0.15) is 0 Å². The lowest BCUT2D eigenvalue weighted by atomic mass is 10.2. The first kappa shape index (κ1) is 15.6. The molecule has 2 unspecified atom stereocenters. The number of hydrogen-bond acceptors (Lipinski definition) is 4. The maximum Gasteiger partial charge on any atom is 0.0897 e. The topological polar surface area (TPSA) is 41.5 Å². The molecule has 0 amide bonds. The third-order valence-corrected chi connectivity index (χ3v) is 3.64. The molecule has 0 bridgehead atoms. The van der Waals surface area contributed by atoms with Crippen molar-refractivity contribution in [1.82, 2.24) is 5.32 Å². The molecule has 0 aliphatic heterocycles. The van der Waals surface area contributed by atoms with E-state index in [4.69, 9.17) is 4.74 Å². The molecule has 0 aliphatic rings. The largest absolute Gasteiger partial charge is 0.389 e. The number of thiophene rings is 1. The number of aliphatic hydroxyl groups is 1. The maximum atomic E-state index is 9.82. The van der Waals surface area contributed by atoms with Gasteiger partial charge in [-0.25, -0.2) is 0 Å². The van der Waals surface area contributed by atoms with Crippen molar-refractivity contribution in [3.63, 3.8) is 0 Å². The van der Waals surface area contributed by atoms with Crippen LogP contribution in [0.4, 0.5) is 0 Å². The van der Waals surface area contributed by atoms with Crippen LogP contribution in [0.25, 0.3) is 0 Å². The first-order valence-electron chi connectivity index (χ1n) is 6.66. The molecule has 1 rings (SSSR count). The third kappa shape index (κ3) is 5.96. The molecule has 0 saturated carbocycles. The second-order valence-electron chi connectivity index (χ2n) is 4.97. The molecule has 4 heteroatoms. The van der Waals surface area contributed by atoms with Gasteiger partial charge in [0.1, 0.15) is 0 Å². The van der Waals surface area contributed by atoms with E-state index in [1.807, 2.05) is 0 Å². The zero-order valence-electron chi connectivity index (χ0n) is 11.6. The van der Waals surface area contributed by atoms with Gasteiger partial charge in [0, 0.05) is 24.1 Å². The van der Waals surface area contributed by atoms with Crippen LogP contribution in [-0.2, 0) is 4.74 Å². The van der Waals surface area contributed by atoms with E-state index in [-0.39, 0.29) is 0 Å². The molecule has 2 N–H and O–H groups in total. The minimum absolute atomic E-state index is 0.338. The zero-order chi connectivity index (χ0) is 13.4. The molecule has 104 valence electrons. The minimum atomic E-state index is -0.433. The molecule has 0 aliphatic carbocycles. The van der Waals surface area contributed by atoms with Gasteiger partial charge in [0.15, 0.2) is 0 Å². The summed E-state index contributed by atoms with van der Waals surface area (Å²) in [7, 11) is 0. The fraction of sp³-hybridized carbons (Fsp3) is 0.714. The average Bonchev–Trinajstić information content (AvgIpc) is 2.83. The minimum Gasteiger partial charge on any atom is -0.389 e. The molecule has 3 nitrogen and oxygen atoms in total. The quantitative estimate of drug-likeness (QED) is 0.725. The van der Waals surface area contributed by atoms with Crippen molar-refractivity contribution in [2.75, 3.05) is 19.8 Å². The lowest BCUT2D eigenvalue weighted by molar-refractivity contribution is 0.0249. The lowest BCUT2D eigenvalue weighted by Crippen LogP contribution is -2.33. The molecule has 0 fully saturated rings. The molecule has 1 aromatic rings. The van der Waals surface area contributed by atoms with Gasteiger partial charge in [-0.1, -0.05) is 26.8 Å². The van der Waals surface area contributed by atoms with E-state index in [9.17, 15) is 5.11 Å². The molecule has 0 spiro atoms. The standard InChI is InChI=1S/C14H25NO2S/c1-4-13(14-6-5-7-18-14)15-8-12(16)10-17-9-11(2)3/h5-7,11-13,15-16H,4,8-10H2,1-3H3. The van der Waals surface area contributed by atoms with Crippen LogP contribution in [0, 0.1) is 5.92 Å². The van der Waals surface area contributed by atoms with Gasteiger partial charge in [-0.3, -0.25) is 0 Å². The van der Waals surface area contributed by atoms with Gasteiger partial charge in [0.25, 0.3) is 0 Å². The van der Waals surface area contributed by atoms with E-state index in [1.54, 1.807) is 11.3 Å². The second-order valence-corrected chi connectivity index (χ2v) is 5.95. The average molecular weight is 271 g/mol. The van der Waals surface area contributed by atoms with Gasteiger partial charge < -0.3 is 15.2 Å². The van der Waals surface area contributed by atoms with E-state index in [0.717, 1.165) is 6.42 Å². The number of hydrogen-bond donors (Lipinski definition) is 2. The van der Waals surface area contributed by atoms with Crippen LogP contribution in [0.1, 0.15) is 38.1 Å². The Labute approximate surface area is 114 Å². The molecular formula is C14H25NO2S. The highest BCUT2D eigenvalue weighted by molar-refractivity contribution is 7.10. The van der Waals surface area contributed by atoms with Crippen LogP contribution in [0.2, 0.25) is 0 Å². The second kappa shape index (κ2) is 8.64. The molecular weight excluding hydrogens is 246 g/mol. The van der Waals surface area contributed by atoms with Crippen LogP contribution >= 0.6 is 11.3 Å². The summed E-state index contributed by atoms with van der Waals surface area (Å²) in [5.41, 5.74) is 0. The zero-order valence-corrected chi connectivity index (χ0v) is 12.4. The predicted molar refractivity (Wildman–Crippen MR) is 77.0 cm³/mol. The Morgan fingerprint density at radius 3 is 2.72 bits per heavy atom. The van der Waals surface area contributed by atoms with Crippen molar-refractivity contribution in [3.8, 4) is 0 Å². The van der Waals surface area contributed by atoms with E-state index in [1.165, 1.54) is 4.88 Å². The smallest absolute Gasteiger partial charge is 0.0897 e. The first-order chi connectivity index (χ1) is 8.63. The van der Waals surface area contributed by atoms with Crippen molar-refractivity contribution in [2.24, 2.45) is 5.92 Å². The predicted octanol–water partition coefficient (Wildman–Crippen LogP) is 2.82. The normalized spacial score (nSPS) is 14.9. The highest BCUT2D eigenvalue weighted by atomic mass is 32.1. The number of nitrogens with one attached hydrogen (secondary N) is 1. The summed E-state index contributed by atoms with van der Waals surface area (Å²) in [5, 5.41) is 15.3. The summed E-state index contributed by atoms with van der Waals surface area (Å²) in [4.78, 5) is 1.33. The summed E-state index contributed by atoms with van der Waals surface area (Å²) < 4.78 is 5.43. The van der Waals surface area contributed by atoms with Crippen molar-refractivity contribution >= 4 is 11.3 Å². The Bertz CT molecular complexity index is 301. The molecule has 18 heavy (non-hydrogen) atoms. The van der Waals surface area contributed by atoms with Gasteiger partial charge in [0.05, 0.1) is 12.7 Å². The first-order valence-corrected chi connectivity index (χ1v) is 7.54. The fourth-order valence-electron chi connectivity index (χ4n) is 1.71. The van der Waals surface area contributed by atoms with Gasteiger partial charge >= 0.3 is 0 Å². The molecule has 1 heterocycles. The van der Waals surface area contributed by atoms with E-state index < -0.39 is 6.10 Å². The number of aliphatic hydroxyl groups excluding tert-OH is 1. The Morgan fingerprint density at radius 1 is 1.39 bits per heavy atom. The Balaban J connectivity index is 2.22. The van der Waals surface area contributed by atoms with Crippen molar-refractivity contribution < 1.29 is 9.84 Å². The summed E-state index contributed by atoms with van der Waals surface area (Å²) in [6, 6.07) is 4.53. The van der Waals surface area contributed by atoms with Gasteiger partial charge in [-0.15, -0.1) is 11.3 Å². The van der Waals surface area contributed by atoms with E-state index in [2.05, 4.69) is 43.6 Å². The molecule has 0 saturated heterocycles. The summed E-state index contributed by atoms with van der Waals surface area (Å²) in [6.07, 6.45) is 0.595. The Morgan fingerprint density at radius 2 is 2.17 bits per heavy atom. The highest BCUT2D eigenvalue weighted by Gasteiger charge is 2.12. The third-order valence-electron chi connectivity index (χ3n) is 2.66. The molecule has 1 aromatic heterocycles. The SMILES string of the molecule is CCC(NCC(O)COCC(C)C)c1cccs1. The maximum absolute atomic E-state index is 9.82. The van der Waals surface area contributed by atoms with Crippen LogP contribution in [0.15, 0.2) is 17.5 Å². The van der Waals surface area contributed by atoms with Gasteiger partial charge in [-0.05, 0) is 23.8 Å². The highest BCUT2D eigenvalue weighted by Crippen LogP contribution is 2.21. The molecule has 0 radical (unpaired) electrons. The summed E-state index contributed by atoms with van der Waals surface area (Å²) in [6.45, 7) is 8.06. The Hall–Kier alpha value is -0.420. The number of rotatable bonds is 9. The van der Waals surface area contributed by atoms with E-state index in [0.29, 0.717) is 31.7 Å². The summed E-state index contributed by atoms with van der Waals surface area (Å²) >= 11 is 1.75. The van der Waals surface area contributed by atoms with Gasteiger partial charge in [0.2, 0.25) is 0 Å².